The summed E-state index contributed by atoms with van der Waals surface area (Å²) in [4.78, 5) is 13.5. The molecular formula is C14H28N2O. The number of likely N-dealkylation sites (N-methyl/N-ethyl adjacent to an activating group) is 1. The summed E-state index contributed by atoms with van der Waals surface area (Å²) in [6.07, 6.45) is 5.09. The quantitative estimate of drug-likeness (QED) is 0.817. The summed E-state index contributed by atoms with van der Waals surface area (Å²) in [6.45, 7) is 6.59. The molecule has 1 aliphatic rings. The van der Waals surface area contributed by atoms with E-state index < -0.39 is 0 Å². The molecular weight excluding hydrogens is 212 g/mol. The van der Waals surface area contributed by atoms with Gasteiger partial charge in [0.15, 0.2) is 0 Å². The zero-order chi connectivity index (χ0) is 13.0. The van der Waals surface area contributed by atoms with Crippen LogP contribution in [-0.2, 0) is 4.79 Å². The molecule has 0 aromatic carbocycles. The molecule has 0 saturated heterocycles. The first-order valence-electron chi connectivity index (χ1n) is 6.89. The number of rotatable bonds is 4. The third-order valence-corrected chi connectivity index (χ3v) is 3.95. The van der Waals surface area contributed by atoms with Crippen molar-refractivity contribution in [3.8, 4) is 0 Å². The van der Waals surface area contributed by atoms with Gasteiger partial charge in [-0.15, -0.1) is 0 Å². The van der Waals surface area contributed by atoms with Gasteiger partial charge in [-0.25, -0.2) is 0 Å². The van der Waals surface area contributed by atoms with Crippen LogP contribution in [0.25, 0.3) is 0 Å². The van der Waals surface area contributed by atoms with E-state index in [0.29, 0.717) is 6.04 Å². The average molecular weight is 240 g/mol. The van der Waals surface area contributed by atoms with Gasteiger partial charge in [-0.3, -0.25) is 4.79 Å². The van der Waals surface area contributed by atoms with Crippen LogP contribution in [0, 0.1) is 11.8 Å². The first-order chi connectivity index (χ1) is 7.91. The zero-order valence-corrected chi connectivity index (χ0v) is 12.0. The highest BCUT2D eigenvalue weighted by Gasteiger charge is 2.26. The number of amides is 1. The second-order valence-electron chi connectivity index (χ2n) is 5.99. The van der Waals surface area contributed by atoms with Crippen LogP contribution in [0.5, 0.6) is 0 Å². The highest BCUT2D eigenvalue weighted by Crippen LogP contribution is 2.30. The van der Waals surface area contributed by atoms with Crippen molar-refractivity contribution in [1.82, 2.24) is 10.2 Å². The zero-order valence-electron chi connectivity index (χ0n) is 12.0. The van der Waals surface area contributed by atoms with Crippen molar-refractivity contribution in [2.75, 3.05) is 14.1 Å². The predicted molar refractivity (Wildman–Crippen MR) is 71.9 cm³/mol. The van der Waals surface area contributed by atoms with Gasteiger partial charge in [-0.2, -0.15) is 0 Å². The Morgan fingerprint density at radius 2 is 1.88 bits per heavy atom. The van der Waals surface area contributed by atoms with E-state index in [0.717, 1.165) is 11.8 Å². The Morgan fingerprint density at radius 3 is 2.41 bits per heavy atom. The van der Waals surface area contributed by atoms with Crippen molar-refractivity contribution in [2.45, 2.75) is 58.5 Å². The van der Waals surface area contributed by atoms with E-state index in [1.807, 2.05) is 21.0 Å². The lowest BCUT2D eigenvalue weighted by molar-refractivity contribution is -0.130. The number of hydrogen-bond acceptors (Lipinski definition) is 2. The largest absolute Gasteiger partial charge is 0.347 e. The summed E-state index contributed by atoms with van der Waals surface area (Å²) in [5.74, 6) is 1.76. The maximum absolute atomic E-state index is 11.8. The molecule has 0 aromatic heterocycles. The van der Waals surface area contributed by atoms with E-state index in [1.54, 1.807) is 4.90 Å². The minimum atomic E-state index is -0.0547. The molecule has 3 unspecified atom stereocenters. The molecule has 100 valence electrons. The molecule has 1 fully saturated rings. The minimum absolute atomic E-state index is 0.0547. The third kappa shape index (κ3) is 4.30. The van der Waals surface area contributed by atoms with E-state index >= 15 is 0 Å². The first-order valence-corrected chi connectivity index (χ1v) is 6.89. The van der Waals surface area contributed by atoms with Crippen molar-refractivity contribution in [3.05, 3.63) is 0 Å². The lowest BCUT2D eigenvalue weighted by Crippen LogP contribution is -2.47. The molecule has 3 nitrogen and oxygen atoms in total. The Hall–Kier alpha value is -0.570. The Kier molecular flexibility index (Phi) is 5.44. The maximum atomic E-state index is 11.8. The molecule has 1 saturated carbocycles. The second-order valence-corrected chi connectivity index (χ2v) is 5.99. The summed E-state index contributed by atoms with van der Waals surface area (Å²) in [7, 11) is 3.64. The van der Waals surface area contributed by atoms with Crippen molar-refractivity contribution in [2.24, 2.45) is 11.8 Å². The van der Waals surface area contributed by atoms with Crippen molar-refractivity contribution >= 4 is 5.91 Å². The van der Waals surface area contributed by atoms with Crippen LogP contribution in [0.4, 0.5) is 0 Å². The van der Waals surface area contributed by atoms with Gasteiger partial charge in [0.1, 0.15) is 0 Å². The number of carbonyl (C=O) groups excluding carboxylic acids is 1. The Bertz CT molecular complexity index is 251. The summed E-state index contributed by atoms with van der Waals surface area (Å²) in [5.41, 5.74) is 0. The lowest BCUT2D eigenvalue weighted by Gasteiger charge is -2.34. The van der Waals surface area contributed by atoms with Crippen LogP contribution in [-0.4, -0.2) is 37.0 Å². The molecule has 1 rings (SSSR count). The molecule has 0 aromatic rings. The number of nitrogens with zero attached hydrogens (tertiary/aromatic N) is 1. The molecule has 0 aliphatic heterocycles. The third-order valence-electron chi connectivity index (χ3n) is 3.95. The van der Waals surface area contributed by atoms with E-state index in [4.69, 9.17) is 0 Å². The van der Waals surface area contributed by atoms with Gasteiger partial charge in [-0.1, -0.05) is 26.7 Å². The van der Waals surface area contributed by atoms with E-state index in [9.17, 15) is 4.79 Å². The van der Waals surface area contributed by atoms with Crippen LogP contribution < -0.4 is 5.32 Å². The van der Waals surface area contributed by atoms with Crippen LogP contribution in [0.15, 0.2) is 0 Å². The molecule has 0 spiro atoms. The van der Waals surface area contributed by atoms with Crippen LogP contribution in [0.1, 0.15) is 46.5 Å². The Labute approximate surface area is 106 Å². The van der Waals surface area contributed by atoms with Crippen molar-refractivity contribution in [3.63, 3.8) is 0 Å². The topological polar surface area (TPSA) is 32.3 Å². The van der Waals surface area contributed by atoms with Gasteiger partial charge in [0.05, 0.1) is 6.04 Å². The Balaban J connectivity index is 2.43. The second kappa shape index (κ2) is 6.39. The summed E-state index contributed by atoms with van der Waals surface area (Å²) in [6, 6.07) is 0.468. The first kappa shape index (κ1) is 14.5. The molecule has 1 aliphatic carbocycles. The fraction of sp³-hybridized carbons (Fsp3) is 0.929. The number of nitrogens with one attached hydrogen (secondary N) is 1. The summed E-state index contributed by atoms with van der Waals surface area (Å²) < 4.78 is 0. The van der Waals surface area contributed by atoms with Crippen molar-refractivity contribution < 1.29 is 4.79 Å². The lowest BCUT2D eigenvalue weighted by atomic mass is 9.79. The van der Waals surface area contributed by atoms with Gasteiger partial charge >= 0.3 is 0 Å². The number of hydrogen-bond donors (Lipinski definition) is 1. The van der Waals surface area contributed by atoms with Gasteiger partial charge in [0.2, 0.25) is 5.91 Å². The average Bonchev–Trinajstić information content (AvgIpc) is 2.28. The van der Waals surface area contributed by atoms with Crippen LogP contribution >= 0.6 is 0 Å². The minimum Gasteiger partial charge on any atom is -0.347 e. The van der Waals surface area contributed by atoms with Gasteiger partial charge in [-0.05, 0) is 31.6 Å². The fourth-order valence-electron chi connectivity index (χ4n) is 2.80. The molecule has 3 atom stereocenters. The normalized spacial score (nSPS) is 26.9. The monoisotopic (exact) mass is 240 g/mol. The Morgan fingerprint density at radius 1 is 1.24 bits per heavy atom. The van der Waals surface area contributed by atoms with Gasteiger partial charge in [0.25, 0.3) is 0 Å². The van der Waals surface area contributed by atoms with Crippen LogP contribution in [0.3, 0.4) is 0 Å². The van der Waals surface area contributed by atoms with E-state index in [2.05, 4.69) is 19.2 Å². The SMILES string of the molecule is CC(NC1CCCC(C(C)C)C1)C(=O)N(C)C. The smallest absolute Gasteiger partial charge is 0.238 e. The highest BCUT2D eigenvalue weighted by atomic mass is 16.2. The standard InChI is InChI=1S/C14H28N2O/c1-10(2)12-7-6-8-13(9-12)15-11(3)14(17)16(4)5/h10-13,15H,6-9H2,1-5H3. The molecule has 0 radical (unpaired) electrons. The van der Waals surface area contributed by atoms with E-state index in [1.165, 1.54) is 25.7 Å². The van der Waals surface area contributed by atoms with Gasteiger partial charge in [0, 0.05) is 20.1 Å². The molecule has 1 amide bonds. The fourth-order valence-corrected chi connectivity index (χ4v) is 2.80. The summed E-state index contributed by atoms with van der Waals surface area (Å²) >= 11 is 0. The number of carbonyl (C=O) groups is 1. The highest BCUT2D eigenvalue weighted by molar-refractivity contribution is 5.80. The molecule has 1 N–H and O–H groups in total. The predicted octanol–water partition coefficient (Wildman–Crippen LogP) is 2.27. The van der Waals surface area contributed by atoms with Gasteiger partial charge < -0.3 is 10.2 Å². The summed E-state index contributed by atoms with van der Waals surface area (Å²) in [5, 5.41) is 3.49. The molecule has 17 heavy (non-hydrogen) atoms. The van der Waals surface area contributed by atoms with E-state index in [-0.39, 0.29) is 11.9 Å². The maximum Gasteiger partial charge on any atom is 0.238 e. The van der Waals surface area contributed by atoms with Crippen LogP contribution in [0.2, 0.25) is 0 Å². The molecule has 3 heteroatoms. The molecule has 0 bridgehead atoms. The van der Waals surface area contributed by atoms with Crippen molar-refractivity contribution in [1.29, 1.82) is 0 Å². The molecule has 0 heterocycles.